The highest BCUT2D eigenvalue weighted by atomic mass is 32.1. The Bertz CT molecular complexity index is 946. The number of carbonyl (C=O) groups is 1. The number of aryl methyl sites for hydroxylation is 1. The molecule has 3 aromatic rings. The van der Waals surface area contributed by atoms with E-state index in [4.69, 9.17) is 9.47 Å². The summed E-state index contributed by atoms with van der Waals surface area (Å²) in [6.07, 6.45) is 2.26. The fourth-order valence-corrected chi connectivity index (χ4v) is 3.74. The van der Waals surface area contributed by atoms with E-state index in [-0.39, 0.29) is 12.0 Å². The zero-order valence-electron chi connectivity index (χ0n) is 15.7. The van der Waals surface area contributed by atoms with E-state index in [2.05, 4.69) is 10.3 Å². The summed E-state index contributed by atoms with van der Waals surface area (Å²) in [5, 5.41) is 6.00. The fraction of sp³-hybridized carbons (Fsp3) is 0.273. The van der Waals surface area contributed by atoms with Crippen LogP contribution in [-0.2, 0) is 4.74 Å². The van der Waals surface area contributed by atoms with Gasteiger partial charge in [0.2, 0.25) is 0 Å². The molecule has 5 nitrogen and oxygen atoms in total. The molecule has 6 heteroatoms. The third-order valence-electron chi connectivity index (χ3n) is 4.61. The van der Waals surface area contributed by atoms with E-state index < -0.39 is 0 Å². The number of anilines is 1. The van der Waals surface area contributed by atoms with Crippen LogP contribution in [0.1, 0.15) is 28.2 Å². The quantitative estimate of drug-likeness (QED) is 0.644. The largest absolute Gasteiger partial charge is 0.491 e. The van der Waals surface area contributed by atoms with Crippen LogP contribution in [0.2, 0.25) is 0 Å². The highest BCUT2D eigenvalue weighted by Crippen LogP contribution is 2.24. The van der Waals surface area contributed by atoms with Crippen molar-refractivity contribution in [3.8, 4) is 17.0 Å². The smallest absolute Gasteiger partial charge is 0.255 e. The van der Waals surface area contributed by atoms with E-state index in [0.717, 1.165) is 41.4 Å². The number of hydrogen-bond acceptors (Lipinski definition) is 5. The van der Waals surface area contributed by atoms with Crippen molar-refractivity contribution in [2.45, 2.75) is 25.9 Å². The number of benzene rings is 2. The molecule has 1 aliphatic rings. The van der Waals surface area contributed by atoms with Crippen molar-refractivity contribution < 1.29 is 14.3 Å². The molecule has 1 unspecified atom stereocenters. The van der Waals surface area contributed by atoms with Gasteiger partial charge >= 0.3 is 0 Å². The Labute approximate surface area is 168 Å². The van der Waals surface area contributed by atoms with Gasteiger partial charge in [-0.3, -0.25) is 4.79 Å². The molecule has 1 fully saturated rings. The molecule has 1 saturated heterocycles. The lowest BCUT2D eigenvalue weighted by Crippen LogP contribution is -2.17. The van der Waals surface area contributed by atoms with Crippen LogP contribution in [-0.4, -0.2) is 30.2 Å². The number of carbonyl (C=O) groups excluding carboxylic acids is 1. The lowest BCUT2D eigenvalue weighted by molar-refractivity contribution is 0.0679. The molecule has 0 radical (unpaired) electrons. The summed E-state index contributed by atoms with van der Waals surface area (Å²) in [5.41, 5.74) is 3.29. The van der Waals surface area contributed by atoms with Gasteiger partial charge in [0.1, 0.15) is 12.4 Å². The third-order valence-corrected chi connectivity index (χ3v) is 5.39. The van der Waals surface area contributed by atoms with Crippen molar-refractivity contribution in [3.05, 3.63) is 64.5 Å². The number of rotatable bonds is 6. The van der Waals surface area contributed by atoms with E-state index in [1.54, 1.807) is 23.5 Å². The van der Waals surface area contributed by atoms with Gasteiger partial charge in [0.15, 0.2) is 0 Å². The minimum absolute atomic E-state index is 0.150. The molecular weight excluding hydrogens is 372 g/mol. The van der Waals surface area contributed by atoms with E-state index in [1.807, 2.05) is 48.7 Å². The van der Waals surface area contributed by atoms with Crippen molar-refractivity contribution in [1.82, 2.24) is 4.98 Å². The molecule has 0 spiro atoms. The lowest BCUT2D eigenvalue weighted by atomic mass is 10.1. The first-order valence-corrected chi connectivity index (χ1v) is 10.2. The van der Waals surface area contributed by atoms with E-state index >= 15 is 0 Å². The molecule has 1 amide bonds. The number of thiazole rings is 1. The Morgan fingerprint density at radius 1 is 1.29 bits per heavy atom. The SMILES string of the molecule is Cc1nc(-c2ccc(NC(=O)c3cccc(OCC4CCCO4)c3)cc2)cs1. The molecule has 1 aliphatic heterocycles. The van der Waals surface area contributed by atoms with Crippen LogP contribution < -0.4 is 10.1 Å². The third kappa shape index (κ3) is 4.58. The summed E-state index contributed by atoms with van der Waals surface area (Å²) in [6, 6.07) is 14.9. The summed E-state index contributed by atoms with van der Waals surface area (Å²) in [4.78, 5) is 17.1. The van der Waals surface area contributed by atoms with Gasteiger partial charge in [-0.15, -0.1) is 11.3 Å². The molecule has 4 rings (SSSR count). The van der Waals surface area contributed by atoms with Crippen molar-refractivity contribution in [3.63, 3.8) is 0 Å². The minimum Gasteiger partial charge on any atom is -0.491 e. The Balaban J connectivity index is 1.38. The van der Waals surface area contributed by atoms with Crippen LogP contribution in [0.15, 0.2) is 53.9 Å². The Morgan fingerprint density at radius 3 is 2.86 bits per heavy atom. The van der Waals surface area contributed by atoms with Gasteiger partial charge in [-0.1, -0.05) is 18.2 Å². The molecule has 1 atom stereocenters. The van der Waals surface area contributed by atoms with Crippen molar-refractivity contribution in [1.29, 1.82) is 0 Å². The van der Waals surface area contributed by atoms with Crippen LogP contribution in [0, 0.1) is 6.92 Å². The summed E-state index contributed by atoms with van der Waals surface area (Å²) in [5.74, 6) is 0.511. The van der Waals surface area contributed by atoms with Gasteiger partial charge in [-0.2, -0.15) is 0 Å². The van der Waals surface area contributed by atoms with E-state index in [9.17, 15) is 4.79 Å². The summed E-state index contributed by atoms with van der Waals surface area (Å²) >= 11 is 1.62. The average Bonchev–Trinajstić information content (AvgIpc) is 3.39. The summed E-state index contributed by atoms with van der Waals surface area (Å²) < 4.78 is 11.4. The summed E-state index contributed by atoms with van der Waals surface area (Å²) in [7, 11) is 0. The maximum atomic E-state index is 12.6. The van der Waals surface area contributed by atoms with Gasteiger partial charge in [0.05, 0.1) is 16.8 Å². The fourth-order valence-electron chi connectivity index (χ4n) is 3.12. The van der Waals surface area contributed by atoms with Crippen LogP contribution in [0.3, 0.4) is 0 Å². The van der Waals surface area contributed by atoms with Gasteiger partial charge in [0, 0.05) is 28.8 Å². The second kappa shape index (κ2) is 8.54. The van der Waals surface area contributed by atoms with E-state index in [0.29, 0.717) is 17.9 Å². The Kier molecular flexibility index (Phi) is 5.69. The first kappa shape index (κ1) is 18.7. The average molecular weight is 394 g/mol. The highest BCUT2D eigenvalue weighted by Gasteiger charge is 2.16. The molecule has 1 N–H and O–H groups in total. The molecule has 2 aromatic carbocycles. The number of hydrogen-bond donors (Lipinski definition) is 1. The van der Waals surface area contributed by atoms with Crippen LogP contribution in [0.4, 0.5) is 5.69 Å². The first-order valence-electron chi connectivity index (χ1n) is 9.36. The number of amides is 1. The number of nitrogens with zero attached hydrogens (tertiary/aromatic N) is 1. The predicted molar refractivity (Wildman–Crippen MR) is 111 cm³/mol. The molecule has 1 aromatic heterocycles. The maximum Gasteiger partial charge on any atom is 0.255 e. The Morgan fingerprint density at radius 2 is 2.14 bits per heavy atom. The van der Waals surface area contributed by atoms with Gasteiger partial charge in [-0.05, 0) is 50.1 Å². The second-order valence-electron chi connectivity index (χ2n) is 6.76. The van der Waals surface area contributed by atoms with E-state index in [1.165, 1.54) is 0 Å². The predicted octanol–water partition coefficient (Wildman–Crippen LogP) is 4.93. The number of nitrogens with one attached hydrogen (secondary N) is 1. The highest BCUT2D eigenvalue weighted by molar-refractivity contribution is 7.09. The van der Waals surface area contributed by atoms with Crippen molar-refractivity contribution >= 4 is 22.9 Å². The topological polar surface area (TPSA) is 60.5 Å². The molecule has 144 valence electrons. The van der Waals surface area contributed by atoms with Crippen molar-refractivity contribution in [2.24, 2.45) is 0 Å². The number of ether oxygens (including phenoxy) is 2. The standard InChI is InChI=1S/C22H22N2O3S/c1-15-23-21(14-28-15)16-7-9-18(10-8-16)24-22(25)17-4-2-5-19(12-17)27-13-20-6-3-11-26-20/h2,4-5,7-10,12,14,20H,3,6,11,13H2,1H3,(H,24,25). The monoisotopic (exact) mass is 394 g/mol. The molecular formula is C22H22N2O3S. The molecule has 0 saturated carbocycles. The van der Waals surface area contributed by atoms with Gasteiger partial charge in [-0.25, -0.2) is 4.98 Å². The molecule has 0 bridgehead atoms. The zero-order valence-corrected chi connectivity index (χ0v) is 16.5. The van der Waals surface area contributed by atoms with Crippen LogP contribution >= 0.6 is 11.3 Å². The lowest BCUT2D eigenvalue weighted by Gasteiger charge is -2.12. The first-order chi connectivity index (χ1) is 13.7. The maximum absolute atomic E-state index is 12.6. The Hall–Kier alpha value is -2.70. The van der Waals surface area contributed by atoms with Crippen LogP contribution in [0.25, 0.3) is 11.3 Å². The normalized spacial score (nSPS) is 16.1. The second-order valence-corrected chi connectivity index (χ2v) is 7.82. The molecule has 0 aliphatic carbocycles. The molecule has 2 heterocycles. The van der Waals surface area contributed by atoms with Gasteiger partial charge in [0.25, 0.3) is 5.91 Å². The number of aromatic nitrogens is 1. The van der Waals surface area contributed by atoms with Crippen LogP contribution in [0.5, 0.6) is 5.75 Å². The van der Waals surface area contributed by atoms with Gasteiger partial charge < -0.3 is 14.8 Å². The zero-order chi connectivity index (χ0) is 19.3. The van der Waals surface area contributed by atoms with Crippen molar-refractivity contribution in [2.75, 3.05) is 18.5 Å². The summed E-state index contributed by atoms with van der Waals surface area (Å²) in [6.45, 7) is 3.31. The molecule has 28 heavy (non-hydrogen) atoms. The minimum atomic E-state index is -0.167.